The van der Waals surface area contributed by atoms with Gasteiger partial charge in [-0.05, 0) is 79.4 Å². The van der Waals surface area contributed by atoms with Crippen LogP contribution in [0.15, 0.2) is 85.1 Å². The number of nitrogens with one attached hydrogen (secondary N) is 3. The highest BCUT2D eigenvalue weighted by Gasteiger charge is 2.30. The van der Waals surface area contributed by atoms with Gasteiger partial charge in [-0.1, -0.05) is 24.3 Å². The number of piperazine rings is 1. The third-order valence-electron chi connectivity index (χ3n) is 9.78. The predicted octanol–water partition coefficient (Wildman–Crippen LogP) is 5.77. The number of pyridine rings is 1. The number of likely N-dealkylation sites (N-methyl/N-ethyl adjacent to an activating group) is 1. The molecule has 2 fully saturated rings. The number of anilines is 2. The van der Waals surface area contributed by atoms with Gasteiger partial charge in [-0.25, -0.2) is 0 Å². The van der Waals surface area contributed by atoms with Crippen LogP contribution in [0.5, 0.6) is 0 Å². The second-order valence-corrected chi connectivity index (χ2v) is 13.6. The maximum Gasteiger partial charge on any atom is 0.416 e. The fourth-order valence-corrected chi connectivity index (χ4v) is 6.70. The number of nitrogens with zero attached hydrogens (tertiary/aromatic N) is 4. The molecule has 4 aromatic rings. The van der Waals surface area contributed by atoms with Crippen LogP contribution in [0.3, 0.4) is 0 Å². The van der Waals surface area contributed by atoms with Gasteiger partial charge in [-0.2, -0.15) is 13.2 Å². The fraction of sp³-hybridized carbons (Fsp3) is 0.375. The molecule has 0 saturated carbocycles. The lowest BCUT2D eigenvalue weighted by atomic mass is 10.0. The van der Waals surface area contributed by atoms with Gasteiger partial charge in [0, 0.05) is 106 Å². The Hall–Kier alpha value is -4.98. The molecule has 10 nitrogen and oxygen atoms in total. The van der Waals surface area contributed by atoms with Crippen LogP contribution in [0.4, 0.5) is 24.5 Å². The maximum atomic E-state index is 13.3. The molecule has 2 aliphatic rings. The average Bonchev–Trinajstić information content (AvgIpc) is 3.19. The molecule has 3 heterocycles. The Bertz CT molecular complexity index is 1880. The summed E-state index contributed by atoms with van der Waals surface area (Å²) in [6.07, 6.45) is -0.823. The van der Waals surface area contributed by atoms with Crippen LogP contribution in [0.1, 0.15) is 62.9 Å². The van der Waals surface area contributed by atoms with E-state index in [2.05, 4.69) is 30.7 Å². The highest BCUT2D eigenvalue weighted by molar-refractivity contribution is 5.96. The highest BCUT2D eigenvalue weighted by Crippen LogP contribution is 2.35. The molecule has 1 unspecified atom stereocenters. The van der Waals surface area contributed by atoms with Gasteiger partial charge in [0.05, 0.1) is 11.3 Å². The molecule has 2 aliphatic heterocycles. The summed E-state index contributed by atoms with van der Waals surface area (Å²) in [5.74, 6) is -0.597. The van der Waals surface area contributed by atoms with E-state index in [0.717, 1.165) is 76.5 Å². The summed E-state index contributed by atoms with van der Waals surface area (Å²) in [5.41, 5.74) is 3.48. The van der Waals surface area contributed by atoms with Crippen molar-refractivity contribution >= 4 is 23.2 Å². The number of hydrogen-bond donors (Lipinski definition) is 4. The minimum absolute atomic E-state index is 0.0859. The summed E-state index contributed by atoms with van der Waals surface area (Å²) >= 11 is 0. The molecule has 6 rings (SSSR count). The molecule has 280 valence electrons. The third-order valence-corrected chi connectivity index (χ3v) is 9.78. The lowest BCUT2D eigenvalue weighted by Crippen LogP contribution is -2.46. The van der Waals surface area contributed by atoms with Crippen LogP contribution in [0.25, 0.3) is 11.3 Å². The Balaban J connectivity index is 1.20. The van der Waals surface area contributed by atoms with Crippen molar-refractivity contribution < 1.29 is 27.9 Å². The Morgan fingerprint density at radius 2 is 1.70 bits per heavy atom. The van der Waals surface area contributed by atoms with Crippen molar-refractivity contribution in [3.8, 4) is 11.3 Å². The first-order valence-electron chi connectivity index (χ1n) is 18.1. The number of halogens is 3. The smallest absolute Gasteiger partial charge is 0.372 e. The van der Waals surface area contributed by atoms with E-state index in [1.807, 2.05) is 18.2 Å². The van der Waals surface area contributed by atoms with Crippen LogP contribution < -0.4 is 20.9 Å². The molecule has 0 spiro atoms. The number of alkyl halides is 3. The van der Waals surface area contributed by atoms with Crippen molar-refractivity contribution in [3.63, 3.8) is 0 Å². The van der Waals surface area contributed by atoms with Gasteiger partial charge in [0.1, 0.15) is 0 Å². The van der Waals surface area contributed by atoms with Crippen LogP contribution in [0.2, 0.25) is 0 Å². The molecule has 0 aliphatic carbocycles. The standard InChI is InChI=1S/C40H46F3N7O3/c1-48(21-22-49-19-15-44-16-20-49)39(53)31-9-6-8-29(24-31)38(52)47-35-12-11-33(50-17-3-2-4-18-50)26-34(35)36-25-30(13-14-45-36)37(51)46-27-28-7-5-10-32(23-28)40(41,42)43/h5-14,23-26,38,44,47,52H,2-4,15-22,27H2,1H3,(H,46,51). The average molecular weight is 730 g/mol. The van der Waals surface area contributed by atoms with E-state index < -0.39 is 23.9 Å². The second kappa shape index (κ2) is 17.2. The van der Waals surface area contributed by atoms with Crippen molar-refractivity contribution in [3.05, 3.63) is 113 Å². The summed E-state index contributed by atoms with van der Waals surface area (Å²) in [7, 11) is 1.79. The van der Waals surface area contributed by atoms with Crippen molar-refractivity contribution in [1.29, 1.82) is 0 Å². The molecule has 53 heavy (non-hydrogen) atoms. The van der Waals surface area contributed by atoms with Crippen LogP contribution in [0, 0.1) is 0 Å². The molecule has 1 aromatic heterocycles. The van der Waals surface area contributed by atoms with Gasteiger partial charge in [-0.3, -0.25) is 19.5 Å². The van der Waals surface area contributed by atoms with Gasteiger partial charge in [0.15, 0.2) is 6.23 Å². The van der Waals surface area contributed by atoms with E-state index in [1.54, 1.807) is 48.3 Å². The number of rotatable bonds is 12. The van der Waals surface area contributed by atoms with Crippen molar-refractivity contribution in [2.75, 3.05) is 69.6 Å². The molecular formula is C40H46F3N7O3. The molecule has 3 aromatic carbocycles. The largest absolute Gasteiger partial charge is 0.416 e. The molecule has 4 N–H and O–H groups in total. The number of amides is 2. The van der Waals surface area contributed by atoms with E-state index >= 15 is 0 Å². The topological polar surface area (TPSA) is 113 Å². The number of piperidine rings is 1. The molecule has 1 atom stereocenters. The van der Waals surface area contributed by atoms with E-state index in [1.165, 1.54) is 24.8 Å². The molecule has 0 bridgehead atoms. The SMILES string of the molecule is CN(CCN1CCNCC1)C(=O)c1cccc(C(O)Nc2ccc(N3CCCCC3)cc2-c2cc(C(=O)NCc3cccc(C(F)(F)F)c3)ccn2)c1. The van der Waals surface area contributed by atoms with Crippen molar-refractivity contribution in [2.45, 2.75) is 38.2 Å². The molecule has 13 heteroatoms. The number of aliphatic hydroxyl groups excluding tert-OH is 1. The number of benzene rings is 3. The lowest BCUT2D eigenvalue weighted by molar-refractivity contribution is -0.137. The number of aromatic nitrogens is 1. The zero-order valence-electron chi connectivity index (χ0n) is 29.8. The molecule has 0 radical (unpaired) electrons. The van der Waals surface area contributed by atoms with Gasteiger partial charge < -0.3 is 30.9 Å². The molecule has 2 saturated heterocycles. The summed E-state index contributed by atoms with van der Waals surface area (Å²) in [6, 6.07) is 20.8. The second-order valence-electron chi connectivity index (χ2n) is 13.6. The van der Waals surface area contributed by atoms with Crippen molar-refractivity contribution in [2.24, 2.45) is 0 Å². The minimum Gasteiger partial charge on any atom is -0.372 e. The van der Waals surface area contributed by atoms with E-state index in [0.29, 0.717) is 40.2 Å². The van der Waals surface area contributed by atoms with Gasteiger partial charge in [0.2, 0.25) is 0 Å². The number of hydrogen-bond acceptors (Lipinski definition) is 8. The number of carbonyl (C=O) groups excluding carboxylic acids is 2. The van der Waals surface area contributed by atoms with Crippen LogP contribution in [-0.2, 0) is 12.7 Å². The van der Waals surface area contributed by atoms with Crippen LogP contribution in [-0.4, -0.2) is 91.1 Å². The summed E-state index contributed by atoms with van der Waals surface area (Å²) < 4.78 is 39.6. The summed E-state index contributed by atoms with van der Waals surface area (Å²) in [4.78, 5) is 37.5. The van der Waals surface area contributed by atoms with Gasteiger partial charge >= 0.3 is 6.18 Å². The van der Waals surface area contributed by atoms with Gasteiger partial charge in [0.25, 0.3) is 11.8 Å². The first-order chi connectivity index (χ1) is 25.5. The van der Waals surface area contributed by atoms with Crippen LogP contribution >= 0.6 is 0 Å². The number of aliphatic hydroxyl groups is 1. The highest BCUT2D eigenvalue weighted by atomic mass is 19.4. The first-order valence-corrected chi connectivity index (χ1v) is 18.1. The zero-order chi connectivity index (χ0) is 37.4. The fourth-order valence-electron chi connectivity index (χ4n) is 6.70. The Labute approximate surface area is 308 Å². The normalized spacial score (nSPS) is 15.8. The summed E-state index contributed by atoms with van der Waals surface area (Å²) in [5, 5.41) is 20.7. The zero-order valence-corrected chi connectivity index (χ0v) is 29.8. The summed E-state index contributed by atoms with van der Waals surface area (Å²) in [6.45, 7) is 6.89. The van der Waals surface area contributed by atoms with Crippen molar-refractivity contribution in [1.82, 2.24) is 25.4 Å². The molecule has 2 amide bonds. The third kappa shape index (κ3) is 9.92. The predicted molar refractivity (Wildman–Crippen MR) is 200 cm³/mol. The monoisotopic (exact) mass is 729 g/mol. The maximum absolute atomic E-state index is 13.3. The molecular weight excluding hydrogens is 683 g/mol. The van der Waals surface area contributed by atoms with Gasteiger partial charge in [-0.15, -0.1) is 0 Å². The minimum atomic E-state index is -4.48. The van der Waals surface area contributed by atoms with E-state index in [-0.39, 0.29) is 18.0 Å². The number of carbonyl (C=O) groups is 2. The Morgan fingerprint density at radius 3 is 2.47 bits per heavy atom. The Kier molecular flexibility index (Phi) is 12.3. The quantitative estimate of drug-likeness (QED) is 0.136. The first kappa shape index (κ1) is 37.8. The van der Waals surface area contributed by atoms with E-state index in [9.17, 15) is 27.9 Å². The Morgan fingerprint density at radius 1 is 0.925 bits per heavy atom. The lowest BCUT2D eigenvalue weighted by Gasteiger charge is -2.30. The van der Waals surface area contributed by atoms with E-state index in [4.69, 9.17) is 0 Å².